The minimum Gasteiger partial charge on any atom is -0.451 e. The largest absolute Gasteiger partial charge is 0.451 e. The quantitative estimate of drug-likeness (QED) is 0.405. The predicted octanol–water partition coefficient (Wildman–Crippen LogP) is 4.84. The Balaban J connectivity index is 1.22. The van der Waals surface area contributed by atoms with Crippen molar-refractivity contribution in [3.05, 3.63) is 102 Å². The van der Waals surface area contributed by atoms with Gasteiger partial charge in [0.05, 0.1) is 17.8 Å². The number of amides is 1. The number of likely N-dealkylation sites (tertiary alicyclic amines) is 1. The normalized spacial score (nSPS) is 16.7. The van der Waals surface area contributed by atoms with E-state index in [1.165, 1.54) is 5.56 Å². The highest BCUT2D eigenvalue weighted by molar-refractivity contribution is 5.96. The first-order valence-corrected chi connectivity index (χ1v) is 12.2. The van der Waals surface area contributed by atoms with Gasteiger partial charge in [0, 0.05) is 31.2 Å². The van der Waals surface area contributed by atoms with Crippen LogP contribution in [-0.4, -0.2) is 40.5 Å². The van der Waals surface area contributed by atoms with E-state index >= 15 is 0 Å². The molecule has 6 nitrogen and oxygen atoms in total. The fourth-order valence-corrected chi connectivity index (χ4v) is 4.87. The third-order valence-corrected chi connectivity index (χ3v) is 7.02. The van der Waals surface area contributed by atoms with Gasteiger partial charge in [-0.05, 0) is 60.2 Å². The molecule has 0 spiro atoms. The van der Waals surface area contributed by atoms with Crippen molar-refractivity contribution in [3.8, 4) is 0 Å². The van der Waals surface area contributed by atoms with Gasteiger partial charge in [-0.25, -0.2) is 0 Å². The molecule has 1 fully saturated rings. The summed E-state index contributed by atoms with van der Waals surface area (Å²) in [6.07, 6.45) is 3.05. The predicted molar refractivity (Wildman–Crippen MR) is 136 cm³/mol. The van der Waals surface area contributed by atoms with Gasteiger partial charge in [-0.3, -0.25) is 9.78 Å². The van der Waals surface area contributed by atoms with Crippen LogP contribution in [0.1, 0.15) is 53.1 Å². The van der Waals surface area contributed by atoms with Gasteiger partial charge >= 0.3 is 0 Å². The zero-order valence-electron chi connectivity index (χ0n) is 20.0. The van der Waals surface area contributed by atoms with Gasteiger partial charge in [-0.15, -0.1) is 0 Å². The van der Waals surface area contributed by atoms with Crippen LogP contribution in [0.2, 0.25) is 0 Å². The monoisotopic (exact) mass is 469 g/mol. The topological polar surface area (TPSA) is 78.6 Å². The standard InChI is InChI=1S/C29H31N3O3/c1-21(22-7-3-2-4-8-22)20-32-15-12-29(34,13-16-32)24-10-11-26-23(17-24)18-27(35-26)28(33)31-19-25-9-5-6-14-30-25/h2-11,14,17-18,21,34H,12-13,15-16,19-20H2,1H3,(H,31,33)/t21-/m1/s1. The van der Waals surface area contributed by atoms with Crippen LogP contribution < -0.4 is 5.32 Å². The summed E-state index contributed by atoms with van der Waals surface area (Å²) in [5.41, 5.74) is 2.76. The third kappa shape index (κ3) is 5.29. The first-order chi connectivity index (χ1) is 17.0. The van der Waals surface area contributed by atoms with Gasteiger partial charge in [0.25, 0.3) is 5.91 Å². The van der Waals surface area contributed by atoms with E-state index in [0.29, 0.717) is 30.9 Å². The number of nitrogens with zero attached hydrogens (tertiary/aromatic N) is 2. The summed E-state index contributed by atoms with van der Waals surface area (Å²) >= 11 is 0. The highest BCUT2D eigenvalue weighted by Gasteiger charge is 2.34. The van der Waals surface area contributed by atoms with Crippen LogP contribution >= 0.6 is 0 Å². The molecule has 3 heterocycles. The lowest BCUT2D eigenvalue weighted by atomic mass is 9.83. The maximum absolute atomic E-state index is 12.6. The number of nitrogens with one attached hydrogen (secondary N) is 1. The molecule has 0 bridgehead atoms. The van der Waals surface area contributed by atoms with Gasteiger partial charge in [0.1, 0.15) is 5.58 Å². The number of carbonyl (C=O) groups is 1. The average Bonchev–Trinajstić information content (AvgIpc) is 3.33. The van der Waals surface area contributed by atoms with Gasteiger partial charge in [0.15, 0.2) is 5.76 Å². The molecule has 180 valence electrons. The molecular formula is C29H31N3O3. The summed E-state index contributed by atoms with van der Waals surface area (Å²) in [6.45, 7) is 5.27. The van der Waals surface area contributed by atoms with Gasteiger partial charge < -0.3 is 19.7 Å². The van der Waals surface area contributed by atoms with Crippen molar-refractivity contribution in [1.29, 1.82) is 0 Å². The second-order valence-electron chi connectivity index (χ2n) is 9.51. The number of aromatic nitrogens is 1. The zero-order chi connectivity index (χ0) is 24.3. The van der Waals surface area contributed by atoms with E-state index in [0.717, 1.165) is 36.3 Å². The van der Waals surface area contributed by atoms with Gasteiger partial charge in [-0.2, -0.15) is 0 Å². The van der Waals surface area contributed by atoms with Crippen LogP contribution in [0, 0.1) is 0 Å². The van der Waals surface area contributed by atoms with E-state index in [-0.39, 0.29) is 11.7 Å². The molecule has 35 heavy (non-hydrogen) atoms. The smallest absolute Gasteiger partial charge is 0.287 e. The number of aliphatic hydroxyl groups is 1. The summed E-state index contributed by atoms with van der Waals surface area (Å²) in [5, 5.41) is 15.1. The van der Waals surface area contributed by atoms with E-state index in [1.54, 1.807) is 12.3 Å². The van der Waals surface area contributed by atoms with E-state index < -0.39 is 5.60 Å². The number of piperidine rings is 1. The Kier molecular flexibility index (Phi) is 6.66. The Bertz CT molecular complexity index is 1280. The number of pyridine rings is 1. The van der Waals surface area contributed by atoms with Crippen molar-refractivity contribution in [3.63, 3.8) is 0 Å². The van der Waals surface area contributed by atoms with Crippen molar-refractivity contribution >= 4 is 16.9 Å². The lowest BCUT2D eigenvalue weighted by molar-refractivity contribution is -0.0266. The summed E-state index contributed by atoms with van der Waals surface area (Å²) in [4.78, 5) is 19.2. The second kappa shape index (κ2) is 10.0. The molecular weight excluding hydrogens is 438 g/mol. The molecule has 2 aromatic heterocycles. The Morgan fingerprint density at radius 2 is 1.86 bits per heavy atom. The maximum Gasteiger partial charge on any atom is 0.287 e. The Hall–Kier alpha value is -3.48. The summed E-state index contributed by atoms with van der Waals surface area (Å²) < 4.78 is 5.77. The molecule has 0 aliphatic carbocycles. The number of carbonyl (C=O) groups excluding carboxylic acids is 1. The van der Waals surface area contributed by atoms with Gasteiger partial charge in [-0.1, -0.05) is 49.4 Å². The van der Waals surface area contributed by atoms with Crippen LogP contribution in [0.5, 0.6) is 0 Å². The van der Waals surface area contributed by atoms with Crippen LogP contribution in [0.3, 0.4) is 0 Å². The fourth-order valence-electron chi connectivity index (χ4n) is 4.87. The molecule has 6 heteroatoms. The van der Waals surface area contributed by atoms with Crippen molar-refractivity contribution in [1.82, 2.24) is 15.2 Å². The van der Waals surface area contributed by atoms with E-state index in [9.17, 15) is 9.90 Å². The average molecular weight is 470 g/mol. The number of fused-ring (bicyclic) bond motifs is 1. The SMILES string of the molecule is C[C@H](CN1CCC(O)(c2ccc3oc(C(=O)NCc4ccccn4)cc3c2)CC1)c1ccccc1. The molecule has 2 aromatic carbocycles. The number of rotatable bonds is 7. The third-order valence-electron chi connectivity index (χ3n) is 7.02. The molecule has 2 N–H and O–H groups in total. The highest BCUT2D eigenvalue weighted by Crippen LogP contribution is 2.35. The lowest BCUT2D eigenvalue weighted by Gasteiger charge is -2.39. The van der Waals surface area contributed by atoms with E-state index in [4.69, 9.17) is 4.42 Å². The van der Waals surface area contributed by atoms with Crippen molar-refractivity contribution in [2.24, 2.45) is 0 Å². The number of benzene rings is 2. The van der Waals surface area contributed by atoms with Gasteiger partial charge in [0.2, 0.25) is 0 Å². The first-order valence-electron chi connectivity index (χ1n) is 12.2. The minimum absolute atomic E-state index is 0.254. The molecule has 0 radical (unpaired) electrons. The Morgan fingerprint density at radius 3 is 2.60 bits per heavy atom. The molecule has 0 unspecified atom stereocenters. The molecule has 4 aromatic rings. The Morgan fingerprint density at radius 1 is 1.09 bits per heavy atom. The lowest BCUT2D eigenvalue weighted by Crippen LogP contribution is -2.43. The summed E-state index contributed by atoms with van der Waals surface area (Å²) in [7, 11) is 0. The van der Waals surface area contributed by atoms with Crippen LogP contribution in [0.15, 0.2) is 83.4 Å². The first kappa shape index (κ1) is 23.3. The maximum atomic E-state index is 12.6. The van der Waals surface area contributed by atoms with Crippen molar-refractivity contribution < 1.29 is 14.3 Å². The molecule has 1 aliphatic rings. The van der Waals surface area contributed by atoms with Crippen LogP contribution in [-0.2, 0) is 12.1 Å². The molecule has 5 rings (SSSR count). The van der Waals surface area contributed by atoms with E-state index in [2.05, 4.69) is 46.4 Å². The van der Waals surface area contributed by atoms with Crippen LogP contribution in [0.4, 0.5) is 0 Å². The minimum atomic E-state index is -0.876. The zero-order valence-corrected chi connectivity index (χ0v) is 20.0. The fraction of sp³-hybridized carbons (Fsp3) is 0.310. The van der Waals surface area contributed by atoms with Crippen molar-refractivity contribution in [2.75, 3.05) is 19.6 Å². The second-order valence-corrected chi connectivity index (χ2v) is 9.51. The number of furan rings is 1. The molecule has 1 aliphatic heterocycles. The van der Waals surface area contributed by atoms with Crippen molar-refractivity contribution in [2.45, 2.75) is 37.8 Å². The Labute approximate surface area is 205 Å². The number of hydrogen-bond acceptors (Lipinski definition) is 5. The highest BCUT2D eigenvalue weighted by atomic mass is 16.3. The molecule has 1 amide bonds. The summed E-state index contributed by atoms with van der Waals surface area (Å²) in [6, 6.07) is 23.6. The summed E-state index contributed by atoms with van der Waals surface area (Å²) in [5.74, 6) is 0.421. The van der Waals surface area contributed by atoms with E-state index in [1.807, 2.05) is 42.5 Å². The molecule has 0 saturated carbocycles. The van der Waals surface area contributed by atoms with Crippen LogP contribution in [0.25, 0.3) is 11.0 Å². The molecule has 1 saturated heterocycles. The number of hydrogen-bond donors (Lipinski definition) is 2. The molecule has 1 atom stereocenters.